The van der Waals surface area contributed by atoms with E-state index in [-0.39, 0.29) is 5.41 Å². The molecule has 0 N–H and O–H groups in total. The summed E-state index contributed by atoms with van der Waals surface area (Å²) in [6, 6.07) is 15.6. The summed E-state index contributed by atoms with van der Waals surface area (Å²) in [5, 5.41) is 0. The van der Waals surface area contributed by atoms with E-state index in [4.69, 9.17) is 0 Å². The van der Waals surface area contributed by atoms with E-state index in [2.05, 4.69) is 99.7 Å². The fourth-order valence-electron chi connectivity index (χ4n) is 2.89. The van der Waals surface area contributed by atoms with Gasteiger partial charge in [-0.2, -0.15) is 0 Å². The number of rotatable bonds is 3. The van der Waals surface area contributed by atoms with Gasteiger partial charge in [-0.1, -0.05) is 68.3 Å². The molecule has 0 saturated heterocycles. The number of hydrogen-bond acceptors (Lipinski definition) is 0. The van der Waals surface area contributed by atoms with Gasteiger partial charge >= 0.3 is 0 Å². The Morgan fingerprint density at radius 3 is 2.05 bits per heavy atom. The number of hydrogen-bond donors (Lipinski definition) is 0. The third kappa shape index (κ3) is 3.08. The van der Waals surface area contributed by atoms with Crippen molar-refractivity contribution in [2.24, 2.45) is 0 Å². The van der Waals surface area contributed by atoms with Gasteiger partial charge in [0.15, 0.2) is 0 Å². The van der Waals surface area contributed by atoms with Crippen molar-refractivity contribution < 1.29 is 0 Å². The summed E-state index contributed by atoms with van der Waals surface area (Å²) in [5.41, 5.74) is 5.70. The molecule has 0 aliphatic rings. The Labute approximate surface area is 136 Å². The van der Waals surface area contributed by atoms with Crippen molar-refractivity contribution in [2.75, 3.05) is 0 Å². The topological polar surface area (TPSA) is 0 Å². The number of aryl methyl sites for hydroxylation is 2. The second-order valence-electron chi connectivity index (χ2n) is 6.34. The molecule has 0 aliphatic carbocycles. The molecular weight excluding hydrogens is 355 g/mol. The molecule has 106 valence electrons. The third-order valence-corrected chi connectivity index (χ3v) is 5.34. The van der Waals surface area contributed by atoms with Gasteiger partial charge in [0.1, 0.15) is 0 Å². The molecule has 0 fully saturated rings. The molecule has 2 rings (SSSR count). The largest absolute Gasteiger partial charge is 0.0619 e. The molecule has 0 aliphatic heterocycles. The summed E-state index contributed by atoms with van der Waals surface area (Å²) in [6.45, 7) is 11.4. The van der Waals surface area contributed by atoms with Gasteiger partial charge in [-0.3, -0.25) is 0 Å². The molecule has 0 aromatic heterocycles. The fraction of sp³-hybridized carbons (Fsp3) is 0.368. The lowest BCUT2D eigenvalue weighted by molar-refractivity contribution is 0.434. The molecule has 0 amide bonds. The van der Waals surface area contributed by atoms with Crippen molar-refractivity contribution in [3.8, 4) is 0 Å². The van der Waals surface area contributed by atoms with E-state index in [1.807, 2.05) is 0 Å². The summed E-state index contributed by atoms with van der Waals surface area (Å²) >= 11 is 2.45. The van der Waals surface area contributed by atoms with Crippen LogP contribution in [0.4, 0.5) is 0 Å². The van der Waals surface area contributed by atoms with Crippen LogP contribution in [0.25, 0.3) is 0 Å². The molecule has 0 spiro atoms. The standard InChI is InChI=1S/C19H23I/c1-13-10-14(2)12-16(11-13)15(3)19(4,5)17-8-6-7-9-18(17)20/h6-12,15H,1-5H3. The van der Waals surface area contributed by atoms with E-state index in [0.717, 1.165) is 0 Å². The Bertz CT molecular complexity index is 591. The van der Waals surface area contributed by atoms with Gasteiger partial charge in [-0.25, -0.2) is 0 Å². The molecule has 20 heavy (non-hydrogen) atoms. The van der Waals surface area contributed by atoms with Crippen LogP contribution >= 0.6 is 22.6 Å². The second kappa shape index (κ2) is 5.88. The minimum Gasteiger partial charge on any atom is -0.0619 e. The molecule has 1 atom stereocenters. The van der Waals surface area contributed by atoms with Crippen LogP contribution in [0.3, 0.4) is 0 Å². The van der Waals surface area contributed by atoms with Crippen molar-refractivity contribution in [3.05, 3.63) is 68.3 Å². The first-order chi connectivity index (χ1) is 9.32. The van der Waals surface area contributed by atoms with Gasteiger partial charge in [0.05, 0.1) is 0 Å². The van der Waals surface area contributed by atoms with Gasteiger partial charge in [0, 0.05) is 3.57 Å². The highest BCUT2D eigenvalue weighted by Crippen LogP contribution is 2.40. The zero-order valence-electron chi connectivity index (χ0n) is 13.0. The molecule has 1 heteroatoms. The average Bonchev–Trinajstić information content (AvgIpc) is 2.37. The number of benzene rings is 2. The maximum Gasteiger partial charge on any atom is 0.0168 e. The van der Waals surface area contributed by atoms with Crippen molar-refractivity contribution in [1.29, 1.82) is 0 Å². The van der Waals surface area contributed by atoms with E-state index < -0.39 is 0 Å². The van der Waals surface area contributed by atoms with E-state index in [9.17, 15) is 0 Å². The summed E-state index contributed by atoms with van der Waals surface area (Å²) < 4.78 is 1.35. The Morgan fingerprint density at radius 2 is 1.50 bits per heavy atom. The predicted octanol–water partition coefficient (Wildman–Crippen LogP) is 5.99. The lowest BCUT2D eigenvalue weighted by Crippen LogP contribution is -2.26. The lowest BCUT2D eigenvalue weighted by Gasteiger charge is -2.34. The first-order valence-electron chi connectivity index (χ1n) is 7.15. The maximum absolute atomic E-state index is 2.45. The minimum absolute atomic E-state index is 0.123. The van der Waals surface area contributed by atoms with Crippen LogP contribution in [0.2, 0.25) is 0 Å². The summed E-state index contributed by atoms with van der Waals surface area (Å²) in [4.78, 5) is 0. The van der Waals surface area contributed by atoms with Crippen molar-refractivity contribution in [1.82, 2.24) is 0 Å². The smallest absolute Gasteiger partial charge is 0.0168 e. The molecule has 2 aromatic carbocycles. The monoisotopic (exact) mass is 378 g/mol. The normalized spacial score (nSPS) is 13.3. The quantitative estimate of drug-likeness (QED) is 0.576. The summed E-state index contributed by atoms with van der Waals surface area (Å²) in [7, 11) is 0. The number of halogens is 1. The molecule has 0 nitrogen and oxygen atoms in total. The predicted molar refractivity (Wildman–Crippen MR) is 96.5 cm³/mol. The Balaban J connectivity index is 2.45. The van der Waals surface area contributed by atoms with Crippen LogP contribution in [0, 0.1) is 17.4 Å². The first kappa shape index (κ1) is 15.6. The summed E-state index contributed by atoms with van der Waals surface area (Å²) in [6.07, 6.45) is 0. The second-order valence-corrected chi connectivity index (χ2v) is 7.51. The van der Waals surface area contributed by atoms with Crippen LogP contribution in [0.5, 0.6) is 0 Å². The zero-order chi connectivity index (χ0) is 14.9. The third-order valence-electron chi connectivity index (χ3n) is 4.39. The SMILES string of the molecule is Cc1cc(C)cc(C(C)C(C)(C)c2ccccc2I)c1. The van der Waals surface area contributed by atoms with Crippen LogP contribution < -0.4 is 0 Å². The highest BCUT2D eigenvalue weighted by Gasteiger charge is 2.30. The fourth-order valence-corrected chi connectivity index (χ4v) is 3.98. The molecule has 0 bridgehead atoms. The maximum atomic E-state index is 2.45. The molecular formula is C19H23I. The van der Waals surface area contributed by atoms with E-state index in [0.29, 0.717) is 5.92 Å². The van der Waals surface area contributed by atoms with Gasteiger partial charge in [0.25, 0.3) is 0 Å². The molecule has 0 radical (unpaired) electrons. The van der Waals surface area contributed by atoms with Gasteiger partial charge in [-0.15, -0.1) is 0 Å². The average molecular weight is 378 g/mol. The highest BCUT2D eigenvalue weighted by atomic mass is 127. The Morgan fingerprint density at radius 1 is 0.950 bits per heavy atom. The van der Waals surface area contributed by atoms with Crippen LogP contribution in [0.1, 0.15) is 48.9 Å². The molecule has 0 heterocycles. The van der Waals surface area contributed by atoms with Gasteiger partial charge in [-0.05, 0) is 65.0 Å². The zero-order valence-corrected chi connectivity index (χ0v) is 15.2. The van der Waals surface area contributed by atoms with E-state index in [1.165, 1.54) is 25.8 Å². The molecule has 0 saturated carbocycles. The molecule has 2 aromatic rings. The first-order valence-corrected chi connectivity index (χ1v) is 8.23. The van der Waals surface area contributed by atoms with Crippen molar-refractivity contribution in [3.63, 3.8) is 0 Å². The minimum atomic E-state index is 0.123. The molecule has 1 unspecified atom stereocenters. The van der Waals surface area contributed by atoms with Gasteiger partial charge in [0.2, 0.25) is 0 Å². The van der Waals surface area contributed by atoms with Crippen molar-refractivity contribution >= 4 is 22.6 Å². The Kier molecular flexibility index (Phi) is 4.58. The van der Waals surface area contributed by atoms with Crippen LogP contribution in [-0.4, -0.2) is 0 Å². The summed E-state index contributed by atoms with van der Waals surface area (Å²) in [5.74, 6) is 0.483. The van der Waals surface area contributed by atoms with E-state index >= 15 is 0 Å². The van der Waals surface area contributed by atoms with Crippen LogP contribution in [-0.2, 0) is 5.41 Å². The van der Waals surface area contributed by atoms with Crippen LogP contribution in [0.15, 0.2) is 42.5 Å². The van der Waals surface area contributed by atoms with Crippen molar-refractivity contribution in [2.45, 2.75) is 46.0 Å². The highest BCUT2D eigenvalue weighted by molar-refractivity contribution is 14.1. The van der Waals surface area contributed by atoms with Gasteiger partial charge < -0.3 is 0 Å². The lowest BCUT2D eigenvalue weighted by atomic mass is 9.71. The Hall–Kier alpha value is -0.830. The van der Waals surface area contributed by atoms with E-state index in [1.54, 1.807) is 0 Å².